The first-order valence-corrected chi connectivity index (χ1v) is 10.4. The van der Waals surface area contributed by atoms with Gasteiger partial charge in [-0.3, -0.25) is 0 Å². The highest BCUT2D eigenvalue weighted by Crippen LogP contribution is 1.90. The molecule has 0 aromatic carbocycles. The SMILES string of the molecule is CCCC[n+]1ccn(C)c1.CCCC[n+]1ccn(C)c1.NC(CCC(=O)[O-])C(=O)[O-]. The van der Waals surface area contributed by atoms with Crippen molar-refractivity contribution in [3.8, 4) is 0 Å². The van der Waals surface area contributed by atoms with Crippen molar-refractivity contribution in [1.29, 1.82) is 0 Å². The zero-order valence-electron chi connectivity index (χ0n) is 18.7. The summed E-state index contributed by atoms with van der Waals surface area (Å²) in [4.78, 5) is 19.6. The van der Waals surface area contributed by atoms with E-state index >= 15 is 0 Å². The molecule has 0 saturated carbocycles. The number of aliphatic carboxylic acids is 2. The molecule has 2 aromatic heterocycles. The molecule has 0 amide bonds. The normalized spacial score (nSPS) is 11.0. The Hall–Kier alpha value is -2.68. The van der Waals surface area contributed by atoms with Gasteiger partial charge in [0.15, 0.2) is 0 Å². The number of carbonyl (C=O) groups is 2. The molecule has 30 heavy (non-hydrogen) atoms. The van der Waals surface area contributed by atoms with Crippen molar-refractivity contribution < 1.29 is 28.9 Å². The van der Waals surface area contributed by atoms with Gasteiger partial charge in [-0.1, -0.05) is 26.7 Å². The summed E-state index contributed by atoms with van der Waals surface area (Å²) in [5.41, 5.74) is 4.91. The number of unbranched alkanes of at least 4 members (excludes halogenated alkanes) is 2. The lowest BCUT2D eigenvalue weighted by Gasteiger charge is -2.11. The maximum absolute atomic E-state index is 9.86. The molecular weight excluding hydrogens is 386 g/mol. The van der Waals surface area contributed by atoms with Crippen LogP contribution in [-0.2, 0) is 36.8 Å². The van der Waals surface area contributed by atoms with Gasteiger partial charge in [-0.25, -0.2) is 18.3 Å². The maximum atomic E-state index is 9.86. The van der Waals surface area contributed by atoms with E-state index in [2.05, 4.69) is 69.6 Å². The van der Waals surface area contributed by atoms with Gasteiger partial charge in [-0.2, -0.15) is 0 Å². The summed E-state index contributed by atoms with van der Waals surface area (Å²) in [5, 5.41) is 19.6. The number of carboxylic acid groups (broad SMARTS) is 2. The van der Waals surface area contributed by atoms with E-state index in [1.165, 1.54) is 25.7 Å². The maximum Gasteiger partial charge on any atom is 0.243 e. The van der Waals surface area contributed by atoms with Crippen LogP contribution in [0.1, 0.15) is 52.4 Å². The Morgan fingerprint density at radius 3 is 1.63 bits per heavy atom. The van der Waals surface area contributed by atoms with Crippen molar-refractivity contribution in [2.24, 2.45) is 19.8 Å². The van der Waals surface area contributed by atoms with Crippen molar-refractivity contribution in [3.63, 3.8) is 0 Å². The number of nitrogens with zero attached hydrogens (tertiary/aromatic N) is 4. The van der Waals surface area contributed by atoms with Gasteiger partial charge >= 0.3 is 0 Å². The topological polar surface area (TPSA) is 124 Å². The Morgan fingerprint density at radius 2 is 1.37 bits per heavy atom. The summed E-state index contributed by atoms with van der Waals surface area (Å²) >= 11 is 0. The van der Waals surface area contributed by atoms with E-state index in [1.54, 1.807) is 0 Å². The molecule has 0 aliphatic heterocycles. The molecule has 1 unspecified atom stereocenters. The summed E-state index contributed by atoms with van der Waals surface area (Å²) in [6, 6.07) is -1.21. The number of hydrogen-bond donors (Lipinski definition) is 1. The van der Waals surface area contributed by atoms with Crippen molar-refractivity contribution >= 4 is 11.9 Å². The number of rotatable bonds is 10. The third kappa shape index (κ3) is 14.3. The molecule has 0 aliphatic carbocycles. The summed E-state index contributed by atoms with van der Waals surface area (Å²) in [6.07, 6.45) is 17.1. The van der Waals surface area contributed by atoms with Gasteiger partial charge in [0.2, 0.25) is 12.7 Å². The number of nitrogens with two attached hydrogens (primary N) is 1. The molecule has 0 saturated heterocycles. The van der Waals surface area contributed by atoms with E-state index in [0.29, 0.717) is 0 Å². The van der Waals surface area contributed by atoms with Gasteiger partial charge in [-0.05, 0) is 25.7 Å². The number of aryl methyl sites for hydroxylation is 4. The lowest BCUT2D eigenvalue weighted by atomic mass is 10.2. The molecule has 9 heteroatoms. The Kier molecular flexibility index (Phi) is 14.7. The molecule has 2 N–H and O–H groups in total. The van der Waals surface area contributed by atoms with Gasteiger partial charge in [0.25, 0.3) is 0 Å². The fourth-order valence-electron chi connectivity index (χ4n) is 2.34. The zero-order chi connectivity index (χ0) is 22.9. The molecular formula is C21H37N5O4. The largest absolute Gasteiger partial charge is 0.550 e. The average molecular weight is 424 g/mol. The smallest absolute Gasteiger partial charge is 0.243 e. The van der Waals surface area contributed by atoms with Crippen LogP contribution >= 0.6 is 0 Å². The first kappa shape index (κ1) is 27.3. The Balaban J connectivity index is 0.000000420. The summed E-state index contributed by atoms with van der Waals surface area (Å²) in [5.74, 6) is -2.75. The van der Waals surface area contributed by atoms with Crippen LogP contribution in [0.4, 0.5) is 0 Å². The van der Waals surface area contributed by atoms with E-state index in [0.717, 1.165) is 13.1 Å². The number of carboxylic acids is 2. The predicted molar refractivity (Wildman–Crippen MR) is 108 cm³/mol. The highest BCUT2D eigenvalue weighted by molar-refractivity contribution is 5.72. The van der Waals surface area contributed by atoms with Crippen LogP contribution in [0.3, 0.4) is 0 Å². The summed E-state index contributed by atoms with van der Waals surface area (Å²) < 4.78 is 8.55. The lowest BCUT2D eigenvalue weighted by molar-refractivity contribution is -0.696. The monoisotopic (exact) mass is 423 g/mol. The highest BCUT2D eigenvalue weighted by Gasteiger charge is 2.01. The highest BCUT2D eigenvalue weighted by atomic mass is 16.4. The van der Waals surface area contributed by atoms with Crippen molar-refractivity contribution in [2.75, 3.05) is 0 Å². The third-order valence-corrected chi connectivity index (χ3v) is 4.15. The van der Waals surface area contributed by atoms with Crippen LogP contribution in [-0.4, -0.2) is 27.1 Å². The first-order chi connectivity index (χ1) is 14.2. The lowest BCUT2D eigenvalue weighted by Crippen LogP contribution is -2.42. The molecule has 0 spiro atoms. The minimum Gasteiger partial charge on any atom is -0.550 e. The van der Waals surface area contributed by atoms with Crippen LogP contribution in [0.2, 0.25) is 0 Å². The van der Waals surface area contributed by atoms with E-state index in [4.69, 9.17) is 5.73 Å². The van der Waals surface area contributed by atoms with Gasteiger partial charge in [0.1, 0.15) is 24.8 Å². The summed E-state index contributed by atoms with van der Waals surface area (Å²) in [7, 11) is 4.09. The van der Waals surface area contributed by atoms with E-state index in [-0.39, 0.29) is 12.8 Å². The van der Waals surface area contributed by atoms with Gasteiger partial charge in [0.05, 0.1) is 33.2 Å². The van der Waals surface area contributed by atoms with Crippen molar-refractivity contribution in [3.05, 3.63) is 37.4 Å². The molecule has 0 aliphatic rings. The van der Waals surface area contributed by atoms with E-state index in [9.17, 15) is 19.8 Å². The second kappa shape index (κ2) is 16.2. The number of carbonyl (C=O) groups excluding carboxylic acids is 2. The van der Waals surface area contributed by atoms with Crippen molar-refractivity contribution in [2.45, 2.75) is 71.5 Å². The summed E-state index contributed by atoms with van der Waals surface area (Å²) in [6.45, 7) is 6.72. The molecule has 170 valence electrons. The third-order valence-electron chi connectivity index (χ3n) is 4.15. The molecule has 2 rings (SSSR count). The van der Waals surface area contributed by atoms with E-state index in [1.807, 2.05) is 14.1 Å². The average Bonchev–Trinajstić information content (AvgIpc) is 3.31. The Morgan fingerprint density at radius 1 is 0.933 bits per heavy atom. The molecule has 2 heterocycles. The quantitative estimate of drug-likeness (QED) is 0.482. The second-order valence-electron chi connectivity index (χ2n) is 7.18. The minimum absolute atomic E-state index is 0.148. The molecule has 1 atom stereocenters. The molecule has 0 bridgehead atoms. The Labute approximate surface area is 179 Å². The standard InChI is InChI=1S/2C8H15N2.C5H9NO4/c2*1-3-4-5-10-7-6-9(2)8-10;6-3(5(9)10)1-2-4(7)8/h2*6-8H,3-5H2,1-2H3;3H,1-2,6H2,(H,7,8)(H,9,10)/q2*+1;/p-2. The van der Waals surface area contributed by atoms with Gasteiger partial charge < -0.3 is 25.5 Å². The molecule has 2 aromatic rings. The minimum atomic E-state index is -1.44. The van der Waals surface area contributed by atoms with Gasteiger partial charge in [-0.15, -0.1) is 0 Å². The number of aromatic nitrogens is 4. The number of hydrogen-bond acceptors (Lipinski definition) is 5. The fraction of sp³-hybridized carbons (Fsp3) is 0.619. The second-order valence-corrected chi connectivity index (χ2v) is 7.18. The molecule has 9 nitrogen and oxygen atoms in total. The van der Waals surface area contributed by atoms with Crippen LogP contribution < -0.4 is 25.1 Å². The fourth-order valence-corrected chi connectivity index (χ4v) is 2.34. The van der Waals surface area contributed by atoms with Crippen LogP contribution in [0.25, 0.3) is 0 Å². The van der Waals surface area contributed by atoms with Crippen molar-refractivity contribution in [1.82, 2.24) is 9.13 Å². The zero-order valence-corrected chi connectivity index (χ0v) is 18.7. The Bertz CT molecular complexity index is 682. The van der Waals surface area contributed by atoms with Crippen LogP contribution in [0.15, 0.2) is 37.4 Å². The molecule has 0 radical (unpaired) electrons. The van der Waals surface area contributed by atoms with Crippen LogP contribution in [0, 0.1) is 0 Å². The number of imidazole rings is 2. The van der Waals surface area contributed by atoms with Gasteiger partial charge in [0, 0.05) is 12.0 Å². The van der Waals surface area contributed by atoms with Crippen LogP contribution in [0.5, 0.6) is 0 Å². The predicted octanol–water partition coefficient (Wildman–Crippen LogP) is -1.18. The first-order valence-electron chi connectivity index (χ1n) is 10.4. The van der Waals surface area contributed by atoms with E-state index < -0.39 is 18.0 Å². The molecule has 0 fully saturated rings.